The van der Waals surface area contributed by atoms with E-state index in [0.29, 0.717) is 0 Å². The molecule has 0 saturated heterocycles. The van der Waals surface area contributed by atoms with Crippen molar-refractivity contribution in [2.24, 2.45) is 21.7 Å². The molecule has 4 fully saturated rings. The highest BCUT2D eigenvalue weighted by molar-refractivity contribution is 5.88. The van der Waals surface area contributed by atoms with Crippen molar-refractivity contribution in [3.63, 3.8) is 0 Å². The quantitative estimate of drug-likeness (QED) is 0.815. The van der Waals surface area contributed by atoms with Crippen molar-refractivity contribution in [2.45, 2.75) is 72.3 Å². The van der Waals surface area contributed by atoms with Gasteiger partial charge < -0.3 is 10.1 Å². The van der Waals surface area contributed by atoms with Gasteiger partial charge >= 0.3 is 5.97 Å². The second kappa shape index (κ2) is 4.48. The Bertz CT molecular complexity index is 473. The average molecular weight is 307 g/mol. The van der Waals surface area contributed by atoms with E-state index in [9.17, 15) is 9.59 Å². The first-order valence-corrected chi connectivity index (χ1v) is 8.42. The summed E-state index contributed by atoms with van der Waals surface area (Å²) in [4.78, 5) is 24.7. The fourth-order valence-electron chi connectivity index (χ4n) is 7.12. The lowest BCUT2D eigenvalue weighted by Gasteiger charge is -2.68. The first-order chi connectivity index (χ1) is 10.0. The molecule has 4 aliphatic carbocycles. The third-order valence-corrected chi connectivity index (χ3v) is 6.24. The van der Waals surface area contributed by atoms with Gasteiger partial charge in [0.25, 0.3) is 0 Å². The minimum absolute atomic E-state index is 0.0631. The van der Waals surface area contributed by atoms with Crippen LogP contribution in [0.3, 0.4) is 0 Å². The van der Waals surface area contributed by atoms with Crippen molar-refractivity contribution < 1.29 is 14.3 Å². The van der Waals surface area contributed by atoms with Crippen LogP contribution in [0.4, 0.5) is 0 Å². The Morgan fingerprint density at radius 1 is 0.909 bits per heavy atom. The van der Waals surface area contributed by atoms with Gasteiger partial charge in [0.15, 0.2) is 0 Å². The van der Waals surface area contributed by atoms with Crippen LogP contribution in [-0.4, -0.2) is 25.0 Å². The van der Waals surface area contributed by atoms with E-state index in [1.807, 2.05) is 0 Å². The third kappa shape index (κ3) is 2.35. The molecule has 4 rings (SSSR count). The molecule has 4 heteroatoms. The predicted octanol–water partition coefficient (Wildman–Crippen LogP) is 3.05. The van der Waals surface area contributed by atoms with Gasteiger partial charge in [-0.25, -0.2) is 4.79 Å². The maximum atomic E-state index is 13.0. The Kier molecular flexibility index (Phi) is 3.22. The Hall–Kier alpha value is -1.06. The van der Waals surface area contributed by atoms with Gasteiger partial charge in [-0.05, 0) is 61.7 Å². The first-order valence-electron chi connectivity index (χ1n) is 8.42. The molecule has 124 valence electrons. The molecular formula is C18H29NO3. The zero-order valence-corrected chi connectivity index (χ0v) is 14.5. The summed E-state index contributed by atoms with van der Waals surface area (Å²) in [6, 6.07) is -0.570. The highest BCUT2D eigenvalue weighted by Gasteiger charge is 2.66. The van der Waals surface area contributed by atoms with E-state index in [0.717, 1.165) is 19.3 Å². The molecule has 4 nitrogen and oxygen atoms in total. The van der Waals surface area contributed by atoms with E-state index in [1.165, 1.54) is 26.4 Å². The minimum Gasteiger partial charge on any atom is -0.467 e. The molecule has 4 saturated carbocycles. The van der Waals surface area contributed by atoms with Crippen LogP contribution in [0.25, 0.3) is 0 Å². The van der Waals surface area contributed by atoms with Crippen molar-refractivity contribution in [3.8, 4) is 0 Å². The molecule has 4 bridgehead atoms. The number of carbonyl (C=O) groups excluding carboxylic acids is 2. The summed E-state index contributed by atoms with van der Waals surface area (Å²) in [5, 5.41) is 2.93. The molecule has 1 unspecified atom stereocenters. The van der Waals surface area contributed by atoms with Crippen LogP contribution < -0.4 is 5.32 Å². The molecule has 0 aromatic rings. The van der Waals surface area contributed by atoms with Crippen molar-refractivity contribution in [1.29, 1.82) is 0 Å². The van der Waals surface area contributed by atoms with Crippen molar-refractivity contribution >= 4 is 11.9 Å². The standard InChI is InChI=1S/C18H29NO3/c1-12(13(20)22-5)19-14(21)18-9-15(2)6-16(3,10-18)8-17(4,7-15)11-18/h12H,6-11H2,1-5H3,(H,19,21). The highest BCUT2D eigenvalue weighted by atomic mass is 16.5. The Morgan fingerprint density at radius 2 is 1.32 bits per heavy atom. The monoisotopic (exact) mass is 307 g/mol. The number of amides is 1. The molecule has 0 aromatic carbocycles. The number of hydrogen-bond donors (Lipinski definition) is 1. The van der Waals surface area contributed by atoms with Gasteiger partial charge in [0.1, 0.15) is 6.04 Å². The summed E-state index contributed by atoms with van der Waals surface area (Å²) >= 11 is 0. The molecule has 0 spiro atoms. The zero-order valence-electron chi connectivity index (χ0n) is 14.5. The molecule has 0 heterocycles. The fraction of sp³-hybridized carbons (Fsp3) is 0.889. The molecule has 1 amide bonds. The number of ether oxygens (including phenoxy) is 1. The second-order valence-electron chi connectivity index (χ2n) is 9.49. The molecule has 1 atom stereocenters. The lowest BCUT2D eigenvalue weighted by Crippen LogP contribution is -2.63. The number of nitrogens with one attached hydrogen (secondary N) is 1. The average Bonchev–Trinajstić information content (AvgIpc) is 2.31. The van der Waals surface area contributed by atoms with Gasteiger partial charge in [0.05, 0.1) is 12.5 Å². The van der Waals surface area contributed by atoms with Gasteiger partial charge in [0, 0.05) is 0 Å². The Morgan fingerprint density at radius 3 is 1.68 bits per heavy atom. The number of methoxy groups -OCH3 is 1. The maximum Gasteiger partial charge on any atom is 0.328 e. The van der Waals surface area contributed by atoms with Crippen LogP contribution in [0.2, 0.25) is 0 Å². The van der Waals surface area contributed by atoms with Crippen molar-refractivity contribution in [2.75, 3.05) is 7.11 Å². The Balaban J connectivity index is 1.87. The summed E-state index contributed by atoms with van der Waals surface area (Å²) in [5.74, 6) is -0.310. The molecule has 0 radical (unpaired) electrons. The van der Waals surface area contributed by atoms with Crippen LogP contribution in [0, 0.1) is 21.7 Å². The molecule has 0 aromatic heterocycles. The number of rotatable bonds is 3. The molecular weight excluding hydrogens is 278 g/mol. The summed E-state index contributed by atoms with van der Waals surface area (Å²) in [6.45, 7) is 8.77. The van der Waals surface area contributed by atoms with Crippen LogP contribution in [0.15, 0.2) is 0 Å². The number of hydrogen-bond acceptors (Lipinski definition) is 3. The van der Waals surface area contributed by atoms with Gasteiger partial charge in [-0.1, -0.05) is 20.8 Å². The number of esters is 1. The van der Waals surface area contributed by atoms with Gasteiger partial charge in [-0.3, -0.25) is 4.79 Å². The normalized spacial score (nSPS) is 47.1. The zero-order chi connectivity index (χ0) is 16.4. The van der Waals surface area contributed by atoms with E-state index in [1.54, 1.807) is 6.92 Å². The summed E-state index contributed by atoms with van der Waals surface area (Å²) in [6.07, 6.45) is 6.59. The Labute approximate surface area is 133 Å². The summed E-state index contributed by atoms with van der Waals surface area (Å²) in [7, 11) is 1.36. The highest BCUT2D eigenvalue weighted by Crippen LogP contribution is 2.73. The lowest BCUT2D eigenvalue weighted by molar-refractivity contribution is -0.192. The second-order valence-corrected chi connectivity index (χ2v) is 9.49. The molecule has 22 heavy (non-hydrogen) atoms. The topological polar surface area (TPSA) is 55.4 Å². The summed E-state index contributed by atoms with van der Waals surface area (Å²) < 4.78 is 4.74. The van der Waals surface area contributed by atoms with Crippen LogP contribution in [0.1, 0.15) is 66.2 Å². The van der Waals surface area contributed by atoms with E-state index in [2.05, 4.69) is 26.1 Å². The van der Waals surface area contributed by atoms with Crippen LogP contribution in [-0.2, 0) is 14.3 Å². The maximum absolute atomic E-state index is 13.0. The van der Waals surface area contributed by atoms with Gasteiger partial charge in [-0.2, -0.15) is 0 Å². The smallest absolute Gasteiger partial charge is 0.328 e. The van der Waals surface area contributed by atoms with Crippen molar-refractivity contribution in [3.05, 3.63) is 0 Å². The van der Waals surface area contributed by atoms with Gasteiger partial charge in [0.2, 0.25) is 5.91 Å². The van der Waals surface area contributed by atoms with Crippen LogP contribution in [0.5, 0.6) is 0 Å². The lowest BCUT2D eigenvalue weighted by atomic mass is 9.36. The minimum atomic E-state index is -0.570. The molecule has 4 aliphatic rings. The number of carbonyl (C=O) groups is 2. The van der Waals surface area contributed by atoms with E-state index in [-0.39, 0.29) is 33.5 Å². The van der Waals surface area contributed by atoms with E-state index in [4.69, 9.17) is 4.74 Å². The van der Waals surface area contributed by atoms with Crippen LogP contribution >= 0.6 is 0 Å². The summed E-state index contributed by atoms with van der Waals surface area (Å²) in [5.41, 5.74) is 0.508. The SMILES string of the molecule is COC(=O)C(C)NC(=O)C12CC3(C)CC(C)(CC(C)(C3)C1)C2. The molecule has 1 N–H and O–H groups in total. The molecule has 0 aliphatic heterocycles. The fourth-order valence-corrected chi connectivity index (χ4v) is 7.12. The first kappa shape index (κ1) is 15.8. The largest absolute Gasteiger partial charge is 0.467 e. The van der Waals surface area contributed by atoms with Crippen molar-refractivity contribution in [1.82, 2.24) is 5.32 Å². The van der Waals surface area contributed by atoms with E-state index >= 15 is 0 Å². The predicted molar refractivity (Wildman–Crippen MR) is 84.1 cm³/mol. The third-order valence-electron chi connectivity index (χ3n) is 6.24. The van der Waals surface area contributed by atoms with Gasteiger partial charge in [-0.15, -0.1) is 0 Å². The van der Waals surface area contributed by atoms with E-state index < -0.39 is 6.04 Å².